The molecule has 0 spiro atoms. The highest BCUT2D eigenvalue weighted by Crippen LogP contribution is 2.30. The molecule has 2 rings (SSSR count). The van der Waals surface area contributed by atoms with Gasteiger partial charge in [0, 0.05) is 3.57 Å². The quantitative estimate of drug-likeness (QED) is 0.535. The third kappa shape index (κ3) is 3.22. The van der Waals surface area contributed by atoms with Crippen molar-refractivity contribution in [2.45, 2.75) is 37.6 Å². The summed E-state index contributed by atoms with van der Waals surface area (Å²) in [5.41, 5.74) is 5.50. The molecule has 6 heteroatoms. The topological polar surface area (TPSA) is 75.3 Å². The van der Waals surface area contributed by atoms with Crippen molar-refractivity contribution in [2.75, 3.05) is 0 Å². The lowest BCUT2D eigenvalue weighted by Gasteiger charge is -2.37. The Morgan fingerprint density at radius 1 is 1.35 bits per heavy atom. The minimum atomic E-state index is -0.613. The van der Waals surface area contributed by atoms with Crippen molar-refractivity contribution in [3.8, 4) is 5.75 Å². The number of thiocarbonyl (C=S) groups is 1. The van der Waals surface area contributed by atoms with Crippen LogP contribution in [0.3, 0.4) is 0 Å². The van der Waals surface area contributed by atoms with Crippen molar-refractivity contribution in [3.63, 3.8) is 0 Å². The first-order chi connectivity index (χ1) is 9.44. The molecular weight excluding hydrogens is 387 g/mol. The number of amides is 1. The van der Waals surface area contributed by atoms with Gasteiger partial charge in [-0.3, -0.25) is 4.79 Å². The van der Waals surface area contributed by atoms with Gasteiger partial charge in [0.2, 0.25) is 0 Å². The monoisotopic (exact) mass is 404 g/mol. The Morgan fingerprint density at radius 3 is 2.60 bits per heavy atom. The highest BCUT2D eigenvalue weighted by molar-refractivity contribution is 14.1. The van der Waals surface area contributed by atoms with Gasteiger partial charge in [-0.05, 0) is 53.6 Å². The SMILES string of the molecule is NC(=S)C1(NC(=O)c2cc(I)ccc2O)CCCCC1. The van der Waals surface area contributed by atoms with Crippen LogP contribution in [0.1, 0.15) is 42.5 Å². The van der Waals surface area contributed by atoms with Crippen LogP contribution in [-0.4, -0.2) is 21.5 Å². The highest BCUT2D eigenvalue weighted by Gasteiger charge is 2.37. The normalized spacial score (nSPS) is 17.4. The minimum absolute atomic E-state index is 0.0307. The van der Waals surface area contributed by atoms with Crippen LogP contribution in [0, 0.1) is 3.57 Å². The van der Waals surface area contributed by atoms with E-state index in [-0.39, 0.29) is 17.2 Å². The second kappa shape index (κ2) is 6.26. The molecular formula is C14H17IN2O2S. The zero-order chi connectivity index (χ0) is 14.8. The maximum absolute atomic E-state index is 12.4. The van der Waals surface area contributed by atoms with E-state index >= 15 is 0 Å². The lowest BCUT2D eigenvalue weighted by Crippen LogP contribution is -2.57. The molecule has 0 aliphatic heterocycles. The summed E-state index contributed by atoms with van der Waals surface area (Å²) in [4.78, 5) is 12.7. The van der Waals surface area contributed by atoms with Crippen LogP contribution in [0.2, 0.25) is 0 Å². The molecule has 0 unspecified atom stereocenters. The van der Waals surface area contributed by atoms with E-state index in [9.17, 15) is 9.90 Å². The number of rotatable bonds is 3. The van der Waals surface area contributed by atoms with Crippen LogP contribution in [0.15, 0.2) is 18.2 Å². The van der Waals surface area contributed by atoms with Crippen molar-refractivity contribution in [2.24, 2.45) is 5.73 Å². The van der Waals surface area contributed by atoms with E-state index in [0.29, 0.717) is 4.99 Å². The van der Waals surface area contributed by atoms with Gasteiger partial charge in [0.25, 0.3) is 5.91 Å². The summed E-state index contributed by atoms with van der Waals surface area (Å²) in [5.74, 6) is -0.354. The van der Waals surface area contributed by atoms with E-state index in [1.165, 1.54) is 6.07 Å². The molecule has 1 fully saturated rings. The molecule has 0 aromatic heterocycles. The van der Waals surface area contributed by atoms with Gasteiger partial charge in [-0.2, -0.15) is 0 Å². The molecule has 1 aliphatic carbocycles. The van der Waals surface area contributed by atoms with Gasteiger partial charge < -0.3 is 16.2 Å². The number of benzene rings is 1. The van der Waals surface area contributed by atoms with Gasteiger partial charge in [0.1, 0.15) is 5.75 Å². The highest BCUT2D eigenvalue weighted by atomic mass is 127. The minimum Gasteiger partial charge on any atom is -0.507 e. The summed E-state index contributed by atoms with van der Waals surface area (Å²) in [6.07, 6.45) is 4.65. The van der Waals surface area contributed by atoms with Crippen LogP contribution in [0.5, 0.6) is 5.75 Å². The molecule has 1 saturated carbocycles. The van der Waals surface area contributed by atoms with Gasteiger partial charge in [-0.1, -0.05) is 31.5 Å². The maximum Gasteiger partial charge on any atom is 0.255 e. The molecule has 4 N–H and O–H groups in total. The van der Waals surface area contributed by atoms with Crippen LogP contribution in [0.4, 0.5) is 0 Å². The first-order valence-corrected chi connectivity index (χ1v) is 8.04. The summed E-state index contributed by atoms with van der Waals surface area (Å²) < 4.78 is 0.888. The lowest BCUT2D eigenvalue weighted by molar-refractivity contribution is 0.0905. The molecule has 0 saturated heterocycles. The number of aromatic hydroxyl groups is 1. The lowest BCUT2D eigenvalue weighted by atomic mass is 9.81. The van der Waals surface area contributed by atoms with Gasteiger partial charge in [0.05, 0.1) is 16.1 Å². The third-order valence-corrected chi connectivity index (χ3v) is 4.80. The van der Waals surface area contributed by atoms with Crippen molar-refractivity contribution in [1.29, 1.82) is 0 Å². The number of halogens is 1. The van der Waals surface area contributed by atoms with Crippen molar-refractivity contribution in [1.82, 2.24) is 5.32 Å². The van der Waals surface area contributed by atoms with E-state index in [2.05, 4.69) is 27.9 Å². The standard InChI is InChI=1S/C14H17IN2O2S/c15-9-4-5-11(18)10(8-9)12(19)17-14(13(16)20)6-2-1-3-7-14/h4-5,8,18H,1-3,6-7H2,(H2,16,20)(H,17,19). The van der Waals surface area contributed by atoms with Gasteiger partial charge >= 0.3 is 0 Å². The molecule has 0 radical (unpaired) electrons. The molecule has 1 aliphatic rings. The Balaban J connectivity index is 2.24. The number of hydrogen-bond acceptors (Lipinski definition) is 3. The number of phenols is 1. The van der Waals surface area contributed by atoms with Crippen LogP contribution in [0.25, 0.3) is 0 Å². The Hall–Kier alpha value is -0.890. The molecule has 0 heterocycles. The fourth-order valence-electron chi connectivity index (χ4n) is 2.56. The molecule has 1 aromatic carbocycles. The molecule has 0 bridgehead atoms. The van der Waals surface area contributed by atoms with E-state index < -0.39 is 5.54 Å². The fraction of sp³-hybridized carbons (Fsp3) is 0.429. The second-order valence-corrected chi connectivity index (χ2v) is 6.81. The summed E-state index contributed by atoms with van der Waals surface area (Å²) in [6, 6.07) is 4.92. The summed E-state index contributed by atoms with van der Waals surface area (Å²) >= 11 is 7.26. The zero-order valence-electron chi connectivity index (χ0n) is 11.0. The zero-order valence-corrected chi connectivity index (χ0v) is 14.0. The number of carbonyl (C=O) groups is 1. The molecule has 0 atom stereocenters. The van der Waals surface area contributed by atoms with E-state index in [1.807, 2.05) is 0 Å². The molecule has 4 nitrogen and oxygen atoms in total. The number of nitrogens with two attached hydrogens (primary N) is 1. The molecule has 20 heavy (non-hydrogen) atoms. The fourth-order valence-corrected chi connectivity index (χ4v) is 3.31. The van der Waals surface area contributed by atoms with Gasteiger partial charge in [-0.25, -0.2) is 0 Å². The van der Waals surface area contributed by atoms with E-state index in [4.69, 9.17) is 18.0 Å². The summed E-state index contributed by atoms with van der Waals surface area (Å²) in [6.45, 7) is 0. The van der Waals surface area contributed by atoms with Crippen molar-refractivity contribution < 1.29 is 9.90 Å². The van der Waals surface area contributed by atoms with Crippen LogP contribution in [-0.2, 0) is 0 Å². The van der Waals surface area contributed by atoms with Gasteiger partial charge in [0.15, 0.2) is 0 Å². The second-order valence-electron chi connectivity index (χ2n) is 5.12. The maximum atomic E-state index is 12.4. The summed E-state index contributed by atoms with van der Waals surface area (Å²) in [5, 5.41) is 12.8. The predicted molar refractivity (Wildman–Crippen MR) is 90.9 cm³/mol. The smallest absolute Gasteiger partial charge is 0.255 e. The average molecular weight is 404 g/mol. The summed E-state index contributed by atoms with van der Waals surface area (Å²) in [7, 11) is 0. The number of carbonyl (C=O) groups excluding carboxylic acids is 1. The first kappa shape index (κ1) is 15.5. The van der Waals surface area contributed by atoms with Gasteiger partial charge in [-0.15, -0.1) is 0 Å². The predicted octanol–water partition coefficient (Wildman–Crippen LogP) is 2.72. The Labute approximate surface area is 137 Å². The van der Waals surface area contributed by atoms with Crippen LogP contribution < -0.4 is 11.1 Å². The molecule has 108 valence electrons. The molecule has 1 aromatic rings. The van der Waals surface area contributed by atoms with E-state index in [0.717, 1.165) is 35.7 Å². The van der Waals surface area contributed by atoms with Crippen molar-refractivity contribution in [3.05, 3.63) is 27.3 Å². The third-order valence-electron chi connectivity index (χ3n) is 3.73. The van der Waals surface area contributed by atoms with Crippen molar-refractivity contribution >= 4 is 45.7 Å². The first-order valence-electron chi connectivity index (χ1n) is 6.55. The van der Waals surface area contributed by atoms with E-state index in [1.54, 1.807) is 12.1 Å². The largest absolute Gasteiger partial charge is 0.507 e. The molecule has 1 amide bonds. The van der Waals surface area contributed by atoms with Crippen LogP contribution >= 0.6 is 34.8 Å². The Morgan fingerprint density at radius 2 is 2.00 bits per heavy atom. The number of nitrogens with one attached hydrogen (secondary N) is 1. The Kier molecular flexibility index (Phi) is 4.85. The average Bonchev–Trinajstić information content (AvgIpc) is 2.42. The number of hydrogen-bond donors (Lipinski definition) is 3. The number of phenolic OH excluding ortho intramolecular Hbond substituents is 1. The Bertz CT molecular complexity index is 542.